The van der Waals surface area contributed by atoms with E-state index in [1.54, 1.807) is 13.0 Å². The molecule has 0 aliphatic carbocycles. The normalized spacial score (nSPS) is 19.3. The molecule has 2 aromatic carbocycles. The van der Waals surface area contributed by atoms with Crippen LogP contribution in [-0.4, -0.2) is 37.1 Å². The molecule has 0 unspecified atom stereocenters. The van der Waals surface area contributed by atoms with Gasteiger partial charge in [-0.1, -0.05) is 18.2 Å². The Bertz CT molecular complexity index is 819. The SMILES string of the molecule is Cc1cc(-c2ccc(C(=O)N3CCCC4(CCOCC4)C3)cc2)ccc1F. The highest BCUT2D eigenvalue weighted by Gasteiger charge is 2.38. The van der Waals surface area contributed by atoms with Crippen molar-refractivity contribution in [3.63, 3.8) is 0 Å². The molecule has 1 spiro atoms. The second-order valence-corrected chi connectivity index (χ2v) is 7.98. The monoisotopic (exact) mass is 367 g/mol. The zero-order chi connectivity index (χ0) is 18.9. The van der Waals surface area contributed by atoms with Gasteiger partial charge in [-0.05, 0) is 79.0 Å². The molecular formula is C23H26FNO2. The average molecular weight is 367 g/mol. The summed E-state index contributed by atoms with van der Waals surface area (Å²) in [7, 11) is 0. The average Bonchev–Trinajstić information content (AvgIpc) is 2.70. The van der Waals surface area contributed by atoms with Crippen LogP contribution >= 0.6 is 0 Å². The number of hydrogen-bond donors (Lipinski definition) is 0. The van der Waals surface area contributed by atoms with Crippen molar-refractivity contribution >= 4 is 5.91 Å². The van der Waals surface area contributed by atoms with Gasteiger partial charge in [0.2, 0.25) is 0 Å². The fourth-order valence-corrected chi connectivity index (χ4v) is 4.41. The van der Waals surface area contributed by atoms with Crippen LogP contribution in [0.15, 0.2) is 42.5 Å². The fraction of sp³-hybridized carbons (Fsp3) is 0.435. The van der Waals surface area contributed by atoms with Crippen molar-refractivity contribution in [3.05, 3.63) is 59.4 Å². The van der Waals surface area contributed by atoms with Crippen LogP contribution in [0.2, 0.25) is 0 Å². The fourth-order valence-electron chi connectivity index (χ4n) is 4.41. The summed E-state index contributed by atoms with van der Waals surface area (Å²) in [6.07, 6.45) is 4.38. The highest BCUT2D eigenvalue weighted by atomic mass is 19.1. The Morgan fingerprint density at radius 2 is 1.74 bits per heavy atom. The summed E-state index contributed by atoms with van der Waals surface area (Å²) in [5.74, 6) is -0.0832. The maximum Gasteiger partial charge on any atom is 0.253 e. The first-order chi connectivity index (χ1) is 13.1. The smallest absolute Gasteiger partial charge is 0.253 e. The van der Waals surface area contributed by atoms with Gasteiger partial charge in [-0.3, -0.25) is 4.79 Å². The first-order valence-corrected chi connectivity index (χ1v) is 9.80. The van der Waals surface area contributed by atoms with Gasteiger partial charge < -0.3 is 9.64 Å². The van der Waals surface area contributed by atoms with Crippen molar-refractivity contribution in [3.8, 4) is 11.1 Å². The van der Waals surface area contributed by atoms with Gasteiger partial charge in [0.05, 0.1) is 0 Å². The quantitative estimate of drug-likeness (QED) is 0.761. The number of ether oxygens (including phenoxy) is 1. The number of aryl methyl sites for hydroxylation is 1. The zero-order valence-electron chi connectivity index (χ0n) is 15.8. The van der Waals surface area contributed by atoms with E-state index in [9.17, 15) is 9.18 Å². The van der Waals surface area contributed by atoms with Gasteiger partial charge in [0, 0.05) is 31.9 Å². The summed E-state index contributed by atoms with van der Waals surface area (Å²) < 4.78 is 19.0. The summed E-state index contributed by atoms with van der Waals surface area (Å²) >= 11 is 0. The maximum atomic E-state index is 13.5. The number of hydrogen-bond acceptors (Lipinski definition) is 2. The number of amides is 1. The van der Waals surface area contributed by atoms with Crippen LogP contribution in [0.3, 0.4) is 0 Å². The van der Waals surface area contributed by atoms with Gasteiger partial charge in [-0.25, -0.2) is 4.39 Å². The zero-order valence-corrected chi connectivity index (χ0v) is 15.8. The minimum atomic E-state index is -0.197. The number of carbonyl (C=O) groups excluding carboxylic acids is 1. The molecule has 2 fully saturated rings. The predicted octanol–water partition coefficient (Wildman–Crippen LogP) is 4.83. The molecule has 0 atom stereocenters. The van der Waals surface area contributed by atoms with Crippen LogP contribution in [0, 0.1) is 18.2 Å². The van der Waals surface area contributed by atoms with Crippen molar-refractivity contribution in [1.29, 1.82) is 0 Å². The largest absolute Gasteiger partial charge is 0.381 e. The van der Waals surface area contributed by atoms with Crippen LogP contribution in [-0.2, 0) is 4.74 Å². The van der Waals surface area contributed by atoms with E-state index in [2.05, 4.69) is 0 Å². The Hall–Kier alpha value is -2.20. The van der Waals surface area contributed by atoms with Gasteiger partial charge in [-0.2, -0.15) is 0 Å². The first-order valence-electron chi connectivity index (χ1n) is 9.80. The van der Waals surface area contributed by atoms with E-state index >= 15 is 0 Å². The second kappa shape index (κ2) is 7.43. The maximum absolute atomic E-state index is 13.5. The van der Waals surface area contributed by atoms with Crippen LogP contribution in [0.25, 0.3) is 11.1 Å². The van der Waals surface area contributed by atoms with Crippen LogP contribution in [0.1, 0.15) is 41.6 Å². The van der Waals surface area contributed by atoms with Crippen molar-refractivity contribution in [2.75, 3.05) is 26.3 Å². The van der Waals surface area contributed by atoms with Crippen molar-refractivity contribution in [2.45, 2.75) is 32.6 Å². The van der Waals surface area contributed by atoms with Gasteiger partial charge in [0.25, 0.3) is 5.91 Å². The summed E-state index contributed by atoms with van der Waals surface area (Å²) in [4.78, 5) is 15.0. The van der Waals surface area contributed by atoms with Crippen molar-refractivity contribution < 1.29 is 13.9 Å². The first kappa shape index (κ1) is 18.2. The summed E-state index contributed by atoms with van der Waals surface area (Å²) in [6.45, 7) is 5.06. The Morgan fingerprint density at radius 1 is 1.04 bits per heavy atom. The second-order valence-electron chi connectivity index (χ2n) is 7.98. The Balaban J connectivity index is 1.49. The van der Waals surface area contributed by atoms with Gasteiger partial charge >= 0.3 is 0 Å². The van der Waals surface area contributed by atoms with E-state index in [1.165, 1.54) is 12.5 Å². The number of rotatable bonds is 2. The molecule has 0 saturated carbocycles. The van der Waals surface area contributed by atoms with Crippen LogP contribution in [0.5, 0.6) is 0 Å². The molecule has 2 aromatic rings. The van der Waals surface area contributed by atoms with E-state index in [0.717, 1.165) is 62.3 Å². The summed E-state index contributed by atoms with van der Waals surface area (Å²) in [5.41, 5.74) is 3.56. The van der Waals surface area contributed by atoms with Gasteiger partial charge in [0.15, 0.2) is 0 Å². The third kappa shape index (κ3) is 3.77. The van der Waals surface area contributed by atoms with Crippen LogP contribution in [0.4, 0.5) is 4.39 Å². The van der Waals surface area contributed by atoms with Gasteiger partial charge in [0.1, 0.15) is 5.82 Å². The number of halogens is 1. The van der Waals surface area contributed by atoms with E-state index in [1.807, 2.05) is 35.2 Å². The molecule has 4 rings (SSSR count). The van der Waals surface area contributed by atoms with Crippen molar-refractivity contribution in [1.82, 2.24) is 4.90 Å². The molecule has 2 saturated heterocycles. The lowest BCUT2D eigenvalue weighted by Gasteiger charge is -2.45. The molecule has 2 aliphatic heterocycles. The molecule has 1 amide bonds. The Labute approximate surface area is 160 Å². The highest BCUT2D eigenvalue weighted by Crippen LogP contribution is 2.39. The van der Waals surface area contributed by atoms with Gasteiger partial charge in [-0.15, -0.1) is 0 Å². The van der Waals surface area contributed by atoms with Crippen LogP contribution < -0.4 is 0 Å². The molecule has 0 N–H and O–H groups in total. The molecule has 2 heterocycles. The Kier molecular flexibility index (Phi) is 5.00. The minimum Gasteiger partial charge on any atom is -0.381 e. The Morgan fingerprint density at radius 3 is 2.44 bits per heavy atom. The standard InChI is InChI=1S/C23H26FNO2/c1-17-15-20(7-8-21(17)24)18-3-5-19(6-4-18)22(26)25-12-2-9-23(16-25)10-13-27-14-11-23/h3-8,15H,2,9-14,16H2,1H3. The number of likely N-dealkylation sites (tertiary alicyclic amines) is 1. The van der Waals surface area contributed by atoms with E-state index in [4.69, 9.17) is 4.74 Å². The summed E-state index contributed by atoms with van der Waals surface area (Å²) in [5, 5.41) is 0. The third-order valence-electron chi connectivity index (χ3n) is 6.13. The molecule has 3 nitrogen and oxygen atoms in total. The minimum absolute atomic E-state index is 0.113. The number of carbonyl (C=O) groups is 1. The number of piperidine rings is 1. The lowest BCUT2D eigenvalue weighted by atomic mass is 9.74. The summed E-state index contributed by atoms with van der Waals surface area (Å²) in [6, 6.07) is 12.8. The molecule has 2 aliphatic rings. The highest BCUT2D eigenvalue weighted by molar-refractivity contribution is 5.94. The molecular weight excluding hydrogens is 341 g/mol. The van der Waals surface area contributed by atoms with E-state index in [-0.39, 0.29) is 17.1 Å². The topological polar surface area (TPSA) is 29.5 Å². The molecule has 0 radical (unpaired) electrons. The number of benzene rings is 2. The van der Waals surface area contributed by atoms with E-state index in [0.29, 0.717) is 5.56 Å². The lowest BCUT2D eigenvalue weighted by Crippen LogP contribution is -2.48. The molecule has 0 aromatic heterocycles. The number of nitrogens with zero attached hydrogens (tertiary/aromatic N) is 1. The lowest BCUT2D eigenvalue weighted by molar-refractivity contribution is -0.0229. The van der Waals surface area contributed by atoms with E-state index < -0.39 is 0 Å². The molecule has 27 heavy (non-hydrogen) atoms. The molecule has 142 valence electrons. The molecule has 0 bridgehead atoms. The predicted molar refractivity (Wildman–Crippen MR) is 104 cm³/mol. The van der Waals surface area contributed by atoms with Crippen molar-refractivity contribution in [2.24, 2.45) is 5.41 Å². The third-order valence-corrected chi connectivity index (χ3v) is 6.13. The molecule has 4 heteroatoms.